The van der Waals surface area contributed by atoms with Gasteiger partial charge in [0.05, 0.1) is 5.56 Å². The zero-order chi connectivity index (χ0) is 11.4. The van der Waals surface area contributed by atoms with Gasteiger partial charge in [0.15, 0.2) is 0 Å². The van der Waals surface area contributed by atoms with Gasteiger partial charge >= 0.3 is 0 Å². The summed E-state index contributed by atoms with van der Waals surface area (Å²) in [6, 6.07) is 1.73. The van der Waals surface area contributed by atoms with Gasteiger partial charge in [-0.05, 0) is 6.07 Å². The lowest BCUT2D eigenvalue weighted by Gasteiger charge is -2.06. The van der Waals surface area contributed by atoms with Gasteiger partial charge in [-0.15, -0.1) is 10.2 Å². The van der Waals surface area contributed by atoms with Gasteiger partial charge < -0.3 is 5.32 Å². The first-order valence-corrected chi connectivity index (χ1v) is 5.38. The van der Waals surface area contributed by atoms with E-state index in [0.29, 0.717) is 10.7 Å². The largest absolute Gasteiger partial charge is 0.387 e. The van der Waals surface area contributed by atoms with Gasteiger partial charge in [0.2, 0.25) is 5.13 Å². The van der Waals surface area contributed by atoms with E-state index in [-0.39, 0.29) is 5.91 Å². The SMILES string of the molecule is CNc1ccncc1C(=O)Nc1nncs1. The van der Waals surface area contributed by atoms with Crippen molar-refractivity contribution in [1.29, 1.82) is 0 Å². The normalized spacial score (nSPS) is 9.81. The van der Waals surface area contributed by atoms with Crippen molar-refractivity contribution in [3.8, 4) is 0 Å². The molecule has 2 N–H and O–H groups in total. The number of amides is 1. The lowest BCUT2D eigenvalue weighted by molar-refractivity contribution is 0.102. The zero-order valence-electron chi connectivity index (χ0n) is 8.47. The number of nitrogens with zero attached hydrogens (tertiary/aromatic N) is 3. The third-order valence-electron chi connectivity index (χ3n) is 1.92. The van der Waals surface area contributed by atoms with Crippen molar-refractivity contribution in [2.24, 2.45) is 0 Å². The van der Waals surface area contributed by atoms with Crippen LogP contribution in [-0.2, 0) is 0 Å². The summed E-state index contributed by atoms with van der Waals surface area (Å²) in [4.78, 5) is 15.7. The summed E-state index contributed by atoms with van der Waals surface area (Å²) >= 11 is 1.26. The van der Waals surface area contributed by atoms with Crippen LogP contribution < -0.4 is 10.6 Å². The van der Waals surface area contributed by atoms with Gasteiger partial charge in [0.25, 0.3) is 5.91 Å². The molecule has 16 heavy (non-hydrogen) atoms. The van der Waals surface area contributed by atoms with E-state index in [9.17, 15) is 4.79 Å². The second-order valence-corrected chi connectivity index (χ2v) is 3.70. The van der Waals surface area contributed by atoms with Gasteiger partial charge in [0, 0.05) is 25.1 Å². The van der Waals surface area contributed by atoms with Crippen LogP contribution in [0, 0.1) is 0 Å². The molecule has 0 fully saturated rings. The van der Waals surface area contributed by atoms with Gasteiger partial charge in [-0.2, -0.15) is 0 Å². The number of hydrogen-bond donors (Lipinski definition) is 2. The molecule has 0 unspecified atom stereocenters. The topological polar surface area (TPSA) is 79.8 Å². The van der Waals surface area contributed by atoms with Crippen molar-refractivity contribution in [3.63, 3.8) is 0 Å². The lowest BCUT2D eigenvalue weighted by atomic mass is 10.2. The molecular weight excluding hydrogens is 226 g/mol. The standard InChI is InChI=1S/C9H9N5OS/c1-10-7-2-3-11-4-6(7)8(15)13-9-14-12-5-16-9/h2-5H,1H3,(H,10,11)(H,13,14,15). The molecule has 2 aromatic rings. The summed E-state index contributed by atoms with van der Waals surface area (Å²) in [5.41, 5.74) is 2.75. The maximum atomic E-state index is 11.8. The van der Waals surface area contributed by atoms with Crippen LogP contribution in [0.3, 0.4) is 0 Å². The minimum absolute atomic E-state index is 0.255. The van der Waals surface area contributed by atoms with E-state index in [1.165, 1.54) is 17.5 Å². The van der Waals surface area contributed by atoms with Crippen LogP contribution in [0.2, 0.25) is 0 Å². The molecule has 2 aromatic heterocycles. The first kappa shape index (κ1) is 10.5. The average Bonchev–Trinajstić information content (AvgIpc) is 2.81. The number of carbonyl (C=O) groups is 1. The number of hydrogen-bond acceptors (Lipinski definition) is 6. The third kappa shape index (κ3) is 2.14. The van der Waals surface area contributed by atoms with E-state index < -0.39 is 0 Å². The summed E-state index contributed by atoms with van der Waals surface area (Å²) in [7, 11) is 1.75. The number of rotatable bonds is 3. The number of carbonyl (C=O) groups excluding carboxylic acids is 1. The Bertz CT molecular complexity index is 484. The minimum atomic E-state index is -0.255. The second-order valence-electron chi connectivity index (χ2n) is 2.87. The molecule has 0 aromatic carbocycles. The van der Waals surface area contributed by atoms with Gasteiger partial charge in [0.1, 0.15) is 5.51 Å². The van der Waals surface area contributed by atoms with Crippen LogP contribution in [0.5, 0.6) is 0 Å². The molecule has 0 saturated carbocycles. The molecule has 0 saturated heterocycles. The molecule has 2 heterocycles. The second kappa shape index (κ2) is 4.67. The molecular formula is C9H9N5OS. The molecule has 1 amide bonds. The Labute approximate surface area is 95.7 Å². The van der Waals surface area contributed by atoms with Crippen molar-refractivity contribution in [3.05, 3.63) is 29.5 Å². The van der Waals surface area contributed by atoms with E-state index in [1.807, 2.05) is 0 Å². The summed E-state index contributed by atoms with van der Waals surface area (Å²) in [6.45, 7) is 0. The highest BCUT2D eigenvalue weighted by Gasteiger charge is 2.11. The first-order chi connectivity index (χ1) is 7.81. The molecule has 0 aliphatic heterocycles. The monoisotopic (exact) mass is 235 g/mol. The molecule has 2 rings (SSSR count). The number of aromatic nitrogens is 3. The molecule has 6 nitrogen and oxygen atoms in total. The number of nitrogens with one attached hydrogen (secondary N) is 2. The highest BCUT2D eigenvalue weighted by atomic mass is 32.1. The first-order valence-electron chi connectivity index (χ1n) is 4.50. The van der Waals surface area contributed by atoms with Gasteiger partial charge in [-0.25, -0.2) is 0 Å². The van der Waals surface area contributed by atoms with Crippen molar-refractivity contribution in [2.75, 3.05) is 17.7 Å². The van der Waals surface area contributed by atoms with Crippen LogP contribution >= 0.6 is 11.3 Å². The predicted molar refractivity (Wildman–Crippen MR) is 61.6 cm³/mol. The smallest absolute Gasteiger partial charge is 0.261 e. The molecule has 0 radical (unpaired) electrons. The molecule has 7 heteroatoms. The summed E-state index contributed by atoms with van der Waals surface area (Å²) in [6.07, 6.45) is 3.12. The van der Waals surface area contributed by atoms with Crippen molar-refractivity contribution >= 4 is 28.1 Å². The Morgan fingerprint density at radius 2 is 2.38 bits per heavy atom. The molecule has 0 aliphatic carbocycles. The maximum absolute atomic E-state index is 11.8. The van der Waals surface area contributed by atoms with Crippen molar-refractivity contribution in [1.82, 2.24) is 15.2 Å². The molecule has 0 bridgehead atoms. The maximum Gasteiger partial charge on any atom is 0.261 e. The molecule has 0 spiro atoms. The lowest BCUT2D eigenvalue weighted by Crippen LogP contribution is -2.14. The van der Waals surface area contributed by atoms with Crippen molar-refractivity contribution in [2.45, 2.75) is 0 Å². The van der Waals surface area contributed by atoms with Crippen LogP contribution in [-0.4, -0.2) is 28.1 Å². The zero-order valence-corrected chi connectivity index (χ0v) is 9.28. The quantitative estimate of drug-likeness (QED) is 0.836. The highest BCUT2D eigenvalue weighted by Crippen LogP contribution is 2.15. The fourth-order valence-corrected chi connectivity index (χ4v) is 1.63. The minimum Gasteiger partial charge on any atom is -0.387 e. The predicted octanol–water partition coefficient (Wildman–Crippen LogP) is 1.23. The van der Waals surface area contributed by atoms with Crippen LogP contribution in [0.25, 0.3) is 0 Å². The Balaban J connectivity index is 2.21. The number of anilines is 2. The Morgan fingerprint density at radius 3 is 3.06 bits per heavy atom. The van der Waals surface area contributed by atoms with E-state index in [1.54, 1.807) is 24.8 Å². The van der Waals surface area contributed by atoms with Crippen molar-refractivity contribution < 1.29 is 4.79 Å². The van der Waals surface area contributed by atoms with E-state index in [0.717, 1.165) is 5.69 Å². The highest BCUT2D eigenvalue weighted by molar-refractivity contribution is 7.13. The van der Waals surface area contributed by atoms with E-state index in [4.69, 9.17) is 0 Å². The van der Waals surface area contributed by atoms with E-state index >= 15 is 0 Å². The summed E-state index contributed by atoms with van der Waals surface area (Å²) in [5, 5.41) is 13.4. The summed E-state index contributed by atoms with van der Waals surface area (Å²) in [5.74, 6) is -0.255. The average molecular weight is 235 g/mol. The van der Waals surface area contributed by atoms with Crippen LogP contribution in [0.15, 0.2) is 24.0 Å². The van der Waals surface area contributed by atoms with Gasteiger partial charge in [-0.1, -0.05) is 11.3 Å². The molecule has 0 aliphatic rings. The summed E-state index contributed by atoms with van der Waals surface area (Å²) < 4.78 is 0. The van der Waals surface area contributed by atoms with Crippen LogP contribution in [0.4, 0.5) is 10.8 Å². The fraction of sp³-hybridized carbons (Fsp3) is 0.111. The molecule has 0 atom stereocenters. The third-order valence-corrected chi connectivity index (χ3v) is 2.52. The number of pyridine rings is 1. The fourth-order valence-electron chi connectivity index (χ4n) is 1.19. The van der Waals surface area contributed by atoms with Gasteiger partial charge in [-0.3, -0.25) is 15.1 Å². The van der Waals surface area contributed by atoms with E-state index in [2.05, 4.69) is 25.8 Å². The van der Waals surface area contributed by atoms with Crippen LogP contribution in [0.1, 0.15) is 10.4 Å². The Morgan fingerprint density at radius 1 is 1.50 bits per heavy atom. The molecule has 82 valence electrons. The Kier molecular flexibility index (Phi) is 3.06. The Hall–Kier alpha value is -2.02.